The first-order valence-corrected chi connectivity index (χ1v) is 5.54. The molecule has 0 unspecified atom stereocenters. The minimum absolute atomic E-state index is 0.133. The van der Waals surface area contributed by atoms with E-state index in [0.717, 1.165) is 6.42 Å². The molecule has 0 bridgehead atoms. The van der Waals surface area contributed by atoms with Gasteiger partial charge in [-0.1, -0.05) is 30.3 Å². The summed E-state index contributed by atoms with van der Waals surface area (Å²) >= 11 is 5.75. The number of halogens is 1. The smallest absolute Gasteiger partial charge is 0.0839 e. The Morgan fingerprint density at radius 3 is 2.36 bits per heavy atom. The molecule has 2 heteroatoms. The fourth-order valence-corrected chi connectivity index (χ4v) is 1.61. The Bertz CT molecular complexity index is 246. The molecule has 0 heterocycles. The second kappa shape index (κ2) is 6.05. The molecule has 0 saturated heterocycles. The monoisotopic (exact) mass is 212 g/mol. The molecule has 0 fully saturated rings. The SMILES string of the molecule is CC(C)O[C@H](CCCl)c1ccccc1. The summed E-state index contributed by atoms with van der Waals surface area (Å²) in [6.45, 7) is 4.09. The number of rotatable bonds is 5. The van der Waals surface area contributed by atoms with Gasteiger partial charge in [-0.05, 0) is 25.8 Å². The fraction of sp³-hybridized carbons (Fsp3) is 0.500. The van der Waals surface area contributed by atoms with Gasteiger partial charge in [-0.3, -0.25) is 0 Å². The normalized spacial score (nSPS) is 13.1. The molecule has 0 aliphatic heterocycles. The fourth-order valence-electron chi connectivity index (χ4n) is 1.41. The topological polar surface area (TPSA) is 9.23 Å². The Kier molecular flexibility index (Phi) is 4.99. The van der Waals surface area contributed by atoms with Crippen LogP contribution in [0.1, 0.15) is 31.9 Å². The number of hydrogen-bond acceptors (Lipinski definition) is 1. The van der Waals surface area contributed by atoms with Crippen molar-refractivity contribution in [2.24, 2.45) is 0 Å². The predicted molar refractivity (Wildman–Crippen MR) is 60.7 cm³/mol. The highest BCUT2D eigenvalue weighted by atomic mass is 35.5. The van der Waals surface area contributed by atoms with Crippen LogP contribution in [0.2, 0.25) is 0 Å². The molecule has 0 radical (unpaired) electrons. The molecular weight excluding hydrogens is 196 g/mol. The van der Waals surface area contributed by atoms with Crippen LogP contribution >= 0.6 is 11.6 Å². The van der Waals surface area contributed by atoms with Crippen molar-refractivity contribution in [2.45, 2.75) is 32.5 Å². The Hall–Kier alpha value is -0.530. The molecule has 0 N–H and O–H groups in total. The maximum atomic E-state index is 5.79. The van der Waals surface area contributed by atoms with Crippen LogP contribution in [-0.2, 0) is 4.74 Å². The van der Waals surface area contributed by atoms with Crippen LogP contribution in [0.3, 0.4) is 0 Å². The lowest BCUT2D eigenvalue weighted by Crippen LogP contribution is -2.11. The summed E-state index contributed by atoms with van der Waals surface area (Å²) in [4.78, 5) is 0. The van der Waals surface area contributed by atoms with E-state index in [1.165, 1.54) is 5.56 Å². The number of benzene rings is 1. The van der Waals surface area contributed by atoms with E-state index in [2.05, 4.69) is 12.1 Å². The maximum Gasteiger partial charge on any atom is 0.0839 e. The van der Waals surface area contributed by atoms with Gasteiger partial charge in [0, 0.05) is 5.88 Å². The molecule has 0 aliphatic carbocycles. The van der Waals surface area contributed by atoms with Crippen LogP contribution < -0.4 is 0 Å². The van der Waals surface area contributed by atoms with Gasteiger partial charge in [-0.25, -0.2) is 0 Å². The molecule has 1 atom stereocenters. The number of hydrogen-bond donors (Lipinski definition) is 0. The standard InChI is InChI=1S/C12H17ClO/c1-10(2)14-12(8-9-13)11-6-4-3-5-7-11/h3-7,10,12H,8-9H2,1-2H3/t12-/m1/s1. The molecule has 0 aromatic heterocycles. The van der Waals surface area contributed by atoms with Gasteiger partial charge in [0.15, 0.2) is 0 Å². The van der Waals surface area contributed by atoms with E-state index in [1.807, 2.05) is 32.0 Å². The molecule has 1 rings (SSSR count). The van der Waals surface area contributed by atoms with Crippen LogP contribution in [-0.4, -0.2) is 12.0 Å². The molecular formula is C12H17ClO. The maximum absolute atomic E-state index is 5.79. The third-order valence-corrected chi connectivity index (χ3v) is 2.20. The van der Waals surface area contributed by atoms with Crippen molar-refractivity contribution < 1.29 is 4.74 Å². The van der Waals surface area contributed by atoms with Crippen molar-refractivity contribution in [2.75, 3.05) is 5.88 Å². The van der Waals surface area contributed by atoms with E-state index < -0.39 is 0 Å². The van der Waals surface area contributed by atoms with Crippen LogP contribution in [0, 0.1) is 0 Å². The Labute approximate surface area is 91.0 Å². The highest BCUT2D eigenvalue weighted by Crippen LogP contribution is 2.22. The van der Waals surface area contributed by atoms with E-state index in [0.29, 0.717) is 5.88 Å². The van der Waals surface area contributed by atoms with Gasteiger partial charge in [0.1, 0.15) is 0 Å². The summed E-state index contributed by atoms with van der Waals surface area (Å²) in [7, 11) is 0. The first-order valence-electron chi connectivity index (χ1n) is 5.00. The summed E-state index contributed by atoms with van der Waals surface area (Å²) in [6, 6.07) is 10.2. The summed E-state index contributed by atoms with van der Waals surface area (Å²) in [5.41, 5.74) is 1.21. The molecule has 0 spiro atoms. The Balaban J connectivity index is 2.67. The Morgan fingerprint density at radius 2 is 1.86 bits per heavy atom. The summed E-state index contributed by atoms with van der Waals surface area (Å²) in [6.07, 6.45) is 1.24. The van der Waals surface area contributed by atoms with Gasteiger partial charge in [0.2, 0.25) is 0 Å². The molecule has 1 aromatic carbocycles. The van der Waals surface area contributed by atoms with Gasteiger partial charge in [-0.15, -0.1) is 11.6 Å². The van der Waals surface area contributed by atoms with E-state index in [1.54, 1.807) is 0 Å². The van der Waals surface area contributed by atoms with Crippen LogP contribution in [0.5, 0.6) is 0 Å². The van der Waals surface area contributed by atoms with Crippen LogP contribution in [0.25, 0.3) is 0 Å². The van der Waals surface area contributed by atoms with E-state index in [9.17, 15) is 0 Å². The highest BCUT2D eigenvalue weighted by molar-refractivity contribution is 6.17. The van der Waals surface area contributed by atoms with E-state index in [4.69, 9.17) is 16.3 Å². The van der Waals surface area contributed by atoms with Gasteiger partial charge < -0.3 is 4.74 Å². The summed E-state index contributed by atoms with van der Waals surface area (Å²) in [5.74, 6) is 0.631. The minimum atomic E-state index is 0.133. The first kappa shape index (κ1) is 11.5. The lowest BCUT2D eigenvalue weighted by molar-refractivity contribution is 0.00499. The van der Waals surface area contributed by atoms with Crippen molar-refractivity contribution >= 4 is 11.6 Å². The van der Waals surface area contributed by atoms with Gasteiger partial charge in [0.05, 0.1) is 12.2 Å². The highest BCUT2D eigenvalue weighted by Gasteiger charge is 2.12. The van der Waals surface area contributed by atoms with Crippen molar-refractivity contribution in [1.82, 2.24) is 0 Å². The lowest BCUT2D eigenvalue weighted by Gasteiger charge is -2.19. The van der Waals surface area contributed by atoms with Crippen molar-refractivity contribution in [3.63, 3.8) is 0 Å². The molecule has 1 aromatic rings. The zero-order chi connectivity index (χ0) is 10.4. The Morgan fingerprint density at radius 1 is 1.21 bits per heavy atom. The van der Waals surface area contributed by atoms with Crippen LogP contribution in [0.15, 0.2) is 30.3 Å². The minimum Gasteiger partial charge on any atom is -0.371 e. The summed E-state index contributed by atoms with van der Waals surface area (Å²) in [5, 5.41) is 0. The zero-order valence-corrected chi connectivity index (χ0v) is 9.50. The predicted octanol–water partition coefficient (Wildman–Crippen LogP) is 3.78. The quantitative estimate of drug-likeness (QED) is 0.675. The second-order valence-corrected chi connectivity index (χ2v) is 3.94. The van der Waals surface area contributed by atoms with E-state index >= 15 is 0 Å². The third-order valence-electron chi connectivity index (χ3n) is 1.98. The van der Waals surface area contributed by atoms with Crippen molar-refractivity contribution in [3.05, 3.63) is 35.9 Å². The first-order chi connectivity index (χ1) is 6.74. The van der Waals surface area contributed by atoms with E-state index in [-0.39, 0.29) is 12.2 Å². The van der Waals surface area contributed by atoms with Gasteiger partial charge >= 0.3 is 0 Å². The van der Waals surface area contributed by atoms with Crippen molar-refractivity contribution in [1.29, 1.82) is 0 Å². The molecule has 78 valence electrons. The second-order valence-electron chi connectivity index (χ2n) is 3.56. The van der Waals surface area contributed by atoms with Gasteiger partial charge in [-0.2, -0.15) is 0 Å². The summed E-state index contributed by atoms with van der Waals surface area (Å²) < 4.78 is 5.79. The van der Waals surface area contributed by atoms with Crippen molar-refractivity contribution in [3.8, 4) is 0 Å². The molecule has 14 heavy (non-hydrogen) atoms. The number of ether oxygens (including phenoxy) is 1. The lowest BCUT2D eigenvalue weighted by atomic mass is 10.1. The zero-order valence-electron chi connectivity index (χ0n) is 8.74. The number of alkyl halides is 1. The molecule has 0 amide bonds. The van der Waals surface area contributed by atoms with Gasteiger partial charge in [0.25, 0.3) is 0 Å². The third kappa shape index (κ3) is 3.69. The average Bonchev–Trinajstić information content (AvgIpc) is 2.18. The average molecular weight is 213 g/mol. The molecule has 0 saturated carbocycles. The van der Waals surface area contributed by atoms with Crippen LogP contribution in [0.4, 0.5) is 0 Å². The molecule has 1 nitrogen and oxygen atoms in total. The molecule has 0 aliphatic rings. The largest absolute Gasteiger partial charge is 0.371 e.